The third-order valence-corrected chi connectivity index (χ3v) is 14.9. The molecule has 0 unspecified atom stereocenters. The highest BCUT2D eigenvalue weighted by Gasteiger charge is 2.17. The molecule has 4 heterocycles. The number of nitriles is 2. The molecule has 316 valence electrons. The van der Waals surface area contributed by atoms with Crippen LogP contribution in [-0.2, 0) is 0 Å². The molecular weight excluding hydrogens is 873 g/mol. The van der Waals surface area contributed by atoms with Crippen molar-refractivity contribution in [3.8, 4) is 34.6 Å². The van der Waals surface area contributed by atoms with Gasteiger partial charge in [-0.2, -0.15) is 10.5 Å². The number of halogens is 1. The Morgan fingerprint density at radius 3 is 1.52 bits per heavy atom. The Morgan fingerprint density at radius 1 is 0.365 bits per heavy atom. The molecule has 0 aliphatic heterocycles. The third kappa shape index (κ3) is 6.13. The van der Waals surface area contributed by atoms with Crippen LogP contribution in [0.15, 0.2) is 193 Å². The number of rotatable bonds is 3. The molecule has 63 heavy (non-hydrogen) atoms. The molecule has 7 heteroatoms. The number of hydrogen-bond donors (Lipinski definition) is 0. The first-order valence-electron chi connectivity index (χ1n) is 20.5. The fourth-order valence-corrected chi connectivity index (χ4v) is 11.7. The van der Waals surface area contributed by atoms with Crippen molar-refractivity contribution >= 4 is 123 Å². The monoisotopic (exact) mass is 924 g/mol. The van der Waals surface area contributed by atoms with Gasteiger partial charge in [-0.3, -0.25) is 0 Å². The van der Waals surface area contributed by atoms with Crippen molar-refractivity contribution < 1.29 is 15.7 Å². The molecule has 0 radical (unpaired) electrons. The third-order valence-electron chi connectivity index (χ3n) is 12.1. The molecule has 0 saturated heterocycles. The maximum atomic E-state index is 9.58. The van der Waals surface area contributed by atoms with E-state index in [1.165, 1.54) is 89.7 Å². The topological polar surface area (TPSA) is 57.4 Å². The first kappa shape index (κ1) is 37.3. The van der Waals surface area contributed by atoms with Crippen molar-refractivity contribution in [3.63, 3.8) is 0 Å². The van der Waals surface area contributed by atoms with E-state index in [0.717, 1.165) is 21.2 Å². The molecule has 0 bridgehead atoms. The highest BCUT2D eigenvalue weighted by molar-refractivity contribution is 9.10. The minimum Gasteiger partial charge on any atom is -0.309 e. The summed E-state index contributed by atoms with van der Waals surface area (Å²) in [6.07, 6.45) is 0. The van der Waals surface area contributed by atoms with Crippen molar-refractivity contribution in [1.29, 1.82) is 10.5 Å². The van der Waals surface area contributed by atoms with Crippen molar-refractivity contribution in [2.75, 3.05) is 0 Å². The summed E-state index contributed by atoms with van der Waals surface area (Å²) in [6, 6.07) is 71.0. The van der Waals surface area contributed by atoms with Gasteiger partial charge in [-0.05, 0) is 126 Å². The van der Waals surface area contributed by atoms with Crippen LogP contribution in [0.2, 0.25) is 0 Å². The molecule has 0 amide bonds. The number of benzene rings is 9. The van der Waals surface area contributed by atoms with Crippen molar-refractivity contribution in [1.82, 2.24) is 9.13 Å². The highest BCUT2D eigenvalue weighted by atomic mass is 79.9. The Morgan fingerprint density at radius 2 is 0.857 bits per heavy atom. The summed E-state index contributed by atoms with van der Waals surface area (Å²) >= 11 is 7.01. The second kappa shape index (κ2) is 14.8. The van der Waals surface area contributed by atoms with Crippen LogP contribution in [0.4, 0.5) is 0 Å². The zero-order valence-electron chi connectivity index (χ0n) is 33.4. The number of aromatic nitrogens is 2. The van der Waals surface area contributed by atoms with Crippen LogP contribution in [0.5, 0.6) is 0 Å². The van der Waals surface area contributed by atoms with Gasteiger partial charge in [0.1, 0.15) is 0 Å². The first-order chi connectivity index (χ1) is 31.0. The predicted octanol–water partition coefficient (Wildman–Crippen LogP) is 19.2. The van der Waals surface area contributed by atoms with Crippen LogP contribution in [-0.4, -0.2) is 9.13 Å². The van der Waals surface area contributed by atoms with E-state index in [1.807, 2.05) is 36.4 Å². The van der Waals surface area contributed by atoms with Crippen LogP contribution in [0.25, 0.3) is 106 Å². The Labute approximate surface area is 394 Å². The molecule has 0 saturated carbocycles. The zero-order chi connectivity index (χ0) is 42.2. The van der Waals surface area contributed by atoms with Gasteiger partial charge in [0, 0.05) is 93.4 Å². The van der Waals surface area contributed by atoms with Crippen LogP contribution in [0.1, 0.15) is 26.8 Å². The molecule has 0 atom stereocenters. The van der Waals surface area contributed by atoms with Crippen LogP contribution < -0.4 is 0 Å². The largest absolute Gasteiger partial charge is 0.309 e. The van der Waals surface area contributed by atoms with Gasteiger partial charge >= 0.3 is 0 Å². The lowest BCUT2D eigenvalue weighted by Gasteiger charge is -2.10. The molecule has 9 aromatic carbocycles. The average Bonchev–Trinajstić information content (AvgIpc) is 4.08. The Hall–Kier alpha value is -7.52. The molecular formula is C56H53BrN4S2. The van der Waals surface area contributed by atoms with E-state index in [2.05, 4.69) is 189 Å². The summed E-state index contributed by atoms with van der Waals surface area (Å²) < 4.78 is 10.7. The van der Waals surface area contributed by atoms with Gasteiger partial charge in [0.2, 0.25) is 0 Å². The van der Waals surface area contributed by atoms with Gasteiger partial charge in [0.25, 0.3) is 0 Å². The van der Waals surface area contributed by atoms with Gasteiger partial charge in [-0.1, -0.05) is 88.7 Å². The number of thiophene rings is 2. The summed E-state index contributed by atoms with van der Waals surface area (Å²) in [5, 5.41) is 28.1. The van der Waals surface area contributed by atoms with E-state index in [-0.39, 0.29) is 15.7 Å². The van der Waals surface area contributed by atoms with Gasteiger partial charge in [0.05, 0.1) is 45.3 Å². The molecule has 0 fully saturated rings. The molecule has 13 aromatic rings. The van der Waals surface area contributed by atoms with Gasteiger partial charge in [0.15, 0.2) is 0 Å². The minimum absolute atomic E-state index is 0. The maximum Gasteiger partial charge on any atom is 0.0991 e. The lowest BCUT2D eigenvalue weighted by Crippen LogP contribution is -1.94. The summed E-state index contributed by atoms with van der Waals surface area (Å²) in [6.45, 7) is 0. The number of fused-ring (bicyclic) bond motifs is 12. The van der Waals surface area contributed by atoms with Crippen molar-refractivity contribution in [2.24, 2.45) is 0 Å². The zero-order valence-corrected chi connectivity index (χ0v) is 36.6. The van der Waals surface area contributed by atoms with Crippen LogP contribution in [0, 0.1) is 22.7 Å². The van der Waals surface area contributed by atoms with E-state index in [4.69, 9.17) is 5.26 Å². The SMILES string of the molecule is N#Cc1ccc2sc3ccc(-n4c5ccccc5c5ccc(-c6ccc7c(c6)c6ccccc6n7-c6ccccc6)cc54)cc3c2c1.N#Cc1ccc2sc3ccc(Br)cc3c2c1.[HH].[HH].[HH].[HH].[HH].[HH].[HH].[HH].[HH].[HH].[HH]. The quantitative estimate of drug-likeness (QED) is 0.177. The Balaban J connectivity index is 0.000000882. The van der Waals surface area contributed by atoms with Crippen molar-refractivity contribution in [2.45, 2.75) is 0 Å². The van der Waals surface area contributed by atoms with E-state index in [0.29, 0.717) is 11.1 Å². The van der Waals surface area contributed by atoms with E-state index in [1.54, 1.807) is 22.7 Å². The normalized spacial score (nSPS) is 11.5. The smallest absolute Gasteiger partial charge is 0.0991 e. The molecule has 0 aliphatic carbocycles. The molecule has 13 rings (SSSR count). The van der Waals surface area contributed by atoms with E-state index >= 15 is 0 Å². The summed E-state index contributed by atoms with van der Waals surface area (Å²) in [5.74, 6) is 0. The summed E-state index contributed by atoms with van der Waals surface area (Å²) in [7, 11) is 0. The Bertz CT molecular complexity index is 4130. The van der Waals surface area contributed by atoms with Crippen LogP contribution in [0.3, 0.4) is 0 Å². The highest BCUT2D eigenvalue weighted by Crippen LogP contribution is 2.41. The molecule has 4 aromatic heterocycles. The second-order valence-electron chi connectivity index (χ2n) is 15.7. The fourth-order valence-electron chi connectivity index (χ4n) is 9.23. The average molecular weight is 926 g/mol. The lowest BCUT2D eigenvalue weighted by atomic mass is 10.0. The van der Waals surface area contributed by atoms with Gasteiger partial charge in [-0.25, -0.2) is 0 Å². The van der Waals surface area contributed by atoms with E-state index < -0.39 is 0 Å². The standard InChI is InChI=1S/C43H25N3S.C13H6BrNS.11H2/c44-26-27-14-20-42-36(22-27)37-25-31(17-21-43(37)47-42)46-38-12-6-4-10-32(38)34-18-15-29(24-41(34)46)28-16-19-40-35(23-28)33-11-5-7-13-39(33)45(40)30-8-2-1-3-9-30;14-9-2-4-13-11(6-9)10-5-8(7-15)1-3-12(10)16-13;;;;;;;;;;;/h1-25H;1-6H;11*1H. The molecule has 4 nitrogen and oxygen atoms in total. The van der Waals surface area contributed by atoms with Crippen molar-refractivity contribution in [3.05, 3.63) is 204 Å². The molecule has 0 aliphatic rings. The maximum absolute atomic E-state index is 9.58. The molecule has 0 spiro atoms. The van der Waals surface area contributed by atoms with Gasteiger partial charge < -0.3 is 9.13 Å². The van der Waals surface area contributed by atoms with Crippen LogP contribution >= 0.6 is 38.6 Å². The number of para-hydroxylation sites is 3. The molecule has 0 N–H and O–H groups in total. The fraction of sp³-hybridized carbons (Fsp3) is 0. The Kier molecular flexibility index (Phi) is 8.77. The predicted molar refractivity (Wildman–Crippen MR) is 293 cm³/mol. The number of hydrogen-bond acceptors (Lipinski definition) is 4. The summed E-state index contributed by atoms with van der Waals surface area (Å²) in [4.78, 5) is 0. The summed E-state index contributed by atoms with van der Waals surface area (Å²) in [5.41, 5.74) is 10.8. The van der Waals surface area contributed by atoms with Gasteiger partial charge in [-0.15, -0.1) is 22.7 Å². The minimum atomic E-state index is 0. The van der Waals surface area contributed by atoms with E-state index in [9.17, 15) is 5.26 Å². The lowest BCUT2D eigenvalue weighted by molar-refractivity contribution is 1.18. The second-order valence-corrected chi connectivity index (χ2v) is 18.8. The first-order valence-corrected chi connectivity index (χ1v) is 23.0. The number of nitrogens with zero attached hydrogens (tertiary/aromatic N) is 4.